The van der Waals surface area contributed by atoms with Crippen LogP contribution in [0.2, 0.25) is 0 Å². The van der Waals surface area contributed by atoms with E-state index in [0.717, 1.165) is 12.8 Å². The van der Waals surface area contributed by atoms with Crippen LogP contribution in [0, 0.1) is 0 Å². The Hall–Kier alpha value is -0.0400. The third-order valence-corrected chi connectivity index (χ3v) is 1.97. The summed E-state index contributed by atoms with van der Waals surface area (Å²) in [7, 11) is 0. The van der Waals surface area contributed by atoms with Gasteiger partial charge >= 0.3 is 0 Å². The molecule has 0 unspecified atom stereocenters. The standard InChI is InChI=1S/C10H17BrO/c1-2-3-4-5-7-10(12)8-6-9-11/h8-10,12H,2-5,7H2,1H3/t6?,10-/m1/s1. The summed E-state index contributed by atoms with van der Waals surface area (Å²) >= 11 is 3.09. The SMILES string of the molecule is CCCCCC[C@@H](O)C=C=CBr. The molecule has 0 rings (SSSR count). The van der Waals surface area contributed by atoms with Gasteiger partial charge in [-0.3, -0.25) is 0 Å². The maximum atomic E-state index is 9.32. The number of hydrogen-bond acceptors (Lipinski definition) is 1. The predicted octanol–water partition coefficient (Wildman–Crippen LogP) is 3.38. The van der Waals surface area contributed by atoms with E-state index in [2.05, 4.69) is 28.6 Å². The van der Waals surface area contributed by atoms with Gasteiger partial charge in [-0.1, -0.05) is 48.5 Å². The molecule has 0 saturated heterocycles. The lowest BCUT2D eigenvalue weighted by Gasteiger charge is -2.02. The minimum Gasteiger partial charge on any atom is -0.388 e. The number of rotatable bonds is 6. The fourth-order valence-corrected chi connectivity index (χ4v) is 1.16. The van der Waals surface area contributed by atoms with Crippen LogP contribution in [0.25, 0.3) is 0 Å². The first-order chi connectivity index (χ1) is 5.81. The molecule has 0 bridgehead atoms. The quantitative estimate of drug-likeness (QED) is 0.550. The molecule has 70 valence electrons. The molecule has 1 nitrogen and oxygen atoms in total. The molecule has 0 saturated carbocycles. The average Bonchev–Trinajstić information content (AvgIpc) is 2.09. The molecule has 0 heterocycles. The zero-order chi connectivity index (χ0) is 9.23. The summed E-state index contributed by atoms with van der Waals surface area (Å²) in [4.78, 5) is 1.63. The summed E-state index contributed by atoms with van der Waals surface area (Å²) in [5.41, 5.74) is 2.81. The first kappa shape index (κ1) is 12.0. The van der Waals surface area contributed by atoms with E-state index in [-0.39, 0.29) is 6.10 Å². The molecule has 12 heavy (non-hydrogen) atoms. The first-order valence-corrected chi connectivity index (χ1v) is 5.42. The van der Waals surface area contributed by atoms with Crippen LogP contribution in [0.5, 0.6) is 0 Å². The summed E-state index contributed by atoms with van der Waals surface area (Å²) in [5.74, 6) is 0. The molecule has 0 spiro atoms. The van der Waals surface area contributed by atoms with Crippen LogP contribution in [0.1, 0.15) is 39.0 Å². The molecule has 0 aliphatic rings. The van der Waals surface area contributed by atoms with Gasteiger partial charge in [0, 0.05) is 4.99 Å². The number of aliphatic hydroxyl groups excluding tert-OH is 1. The van der Waals surface area contributed by atoms with E-state index >= 15 is 0 Å². The molecule has 0 aliphatic heterocycles. The maximum absolute atomic E-state index is 9.32. The van der Waals surface area contributed by atoms with Gasteiger partial charge in [-0.2, -0.15) is 0 Å². The smallest absolute Gasteiger partial charge is 0.0794 e. The lowest BCUT2D eigenvalue weighted by Crippen LogP contribution is -2.00. The van der Waals surface area contributed by atoms with Crippen LogP contribution in [0.4, 0.5) is 0 Å². The molecule has 0 aromatic heterocycles. The van der Waals surface area contributed by atoms with Gasteiger partial charge in [-0.25, -0.2) is 0 Å². The summed E-state index contributed by atoms with van der Waals surface area (Å²) in [6.07, 6.45) is 7.05. The van der Waals surface area contributed by atoms with Gasteiger partial charge < -0.3 is 5.11 Å². The average molecular weight is 233 g/mol. The predicted molar refractivity (Wildman–Crippen MR) is 56.3 cm³/mol. The summed E-state index contributed by atoms with van der Waals surface area (Å²) in [6, 6.07) is 0. The van der Waals surface area contributed by atoms with Crippen molar-refractivity contribution in [3.05, 3.63) is 16.8 Å². The molecule has 0 aromatic rings. The molecule has 2 heteroatoms. The minimum atomic E-state index is -0.323. The van der Waals surface area contributed by atoms with Crippen LogP contribution >= 0.6 is 15.9 Å². The van der Waals surface area contributed by atoms with Crippen molar-refractivity contribution in [2.24, 2.45) is 0 Å². The highest BCUT2D eigenvalue weighted by molar-refractivity contribution is 9.11. The summed E-state index contributed by atoms with van der Waals surface area (Å²) < 4.78 is 0. The Kier molecular flexibility index (Phi) is 9.02. The fraction of sp³-hybridized carbons (Fsp3) is 0.700. The van der Waals surface area contributed by atoms with E-state index in [1.165, 1.54) is 19.3 Å². The Labute approximate surface area is 83.3 Å². The van der Waals surface area contributed by atoms with E-state index in [1.807, 2.05) is 0 Å². The van der Waals surface area contributed by atoms with Crippen LogP contribution in [0.3, 0.4) is 0 Å². The molecule has 1 N–H and O–H groups in total. The molecule has 0 amide bonds. The number of unbranched alkanes of at least 4 members (excludes halogenated alkanes) is 3. The first-order valence-electron chi connectivity index (χ1n) is 4.50. The van der Waals surface area contributed by atoms with Gasteiger partial charge in [0.15, 0.2) is 0 Å². The Morgan fingerprint density at radius 1 is 1.42 bits per heavy atom. The minimum absolute atomic E-state index is 0.323. The van der Waals surface area contributed by atoms with Gasteiger partial charge in [0.2, 0.25) is 0 Å². The van der Waals surface area contributed by atoms with Crippen molar-refractivity contribution in [1.82, 2.24) is 0 Å². The van der Waals surface area contributed by atoms with E-state index in [0.29, 0.717) is 0 Å². The second kappa shape index (κ2) is 9.05. The zero-order valence-corrected chi connectivity index (χ0v) is 9.18. The highest BCUT2D eigenvalue weighted by Crippen LogP contribution is 2.05. The largest absolute Gasteiger partial charge is 0.388 e. The number of hydrogen-bond donors (Lipinski definition) is 1. The Bertz CT molecular complexity index is 148. The van der Waals surface area contributed by atoms with Crippen molar-refractivity contribution < 1.29 is 5.11 Å². The zero-order valence-electron chi connectivity index (χ0n) is 7.59. The van der Waals surface area contributed by atoms with Gasteiger partial charge in [0.05, 0.1) is 6.10 Å². The topological polar surface area (TPSA) is 20.2 Å². The monoisotopic (exact) mass is 232 g/mol. The highest BCUT2D eigenvalue weighted by atomic mass is 79.9. The molecule has 1 atom stereocenters. The molecule has 0 radical (unpaired) electrons. The number of halogens is 1. The third-order valence-electron chi connectivity index (χ3n) is 1.71. The van der Waals surface area contributed by atoms with Gasteiger partial charge in [-0.05, 0) is 12.5 Å². The van der Waals surface area contributed by atoms with Crippen molar-refractivity contribution in [1.29, 1.82) is 0 Å². The van der Waals surface area contributed by atoms with Crippen molar-refractivity contribution in [2.45, 2.75) is 45.1 Å². The van der Waals surface area contributed by atoms with E-state index < -0.39 is 0 Å². The van der Waals surface area contributed by atoms with Crippen LogP contribution in [-0.2, 0) is 0 Å². The lowest BCUT2D eigenvalue weighted by atomic mass is 10.1. The fourth-order valence-electron chi connectivity index (χ4n) is 1.01. The van der Waals surface area contributed by atoms with E-state index in [1.54, 1.807) is 11.1 Å². The molecule has 0 aromatic carbocycles. The van der Waals surface area contributed by atoms with Crippen molar-refractivity contribution in [2.75, 3.05) is 0 Å². The van der Waals surface area contributed by atoms with Crippen LogP contribution in [-0.4, -0.2) is 11.2 Å². The molecular weight excluding hydrogens is 216 g/mol. The van der Waals surface area contributed by atoms with Crippen molar-refractivity contribution in [3.8, 4) is 0 Å². The Morgan fingerprint density at radius 3 is 2.75 bits per heavy atom. The summed E-state index contributed by atoms with van der Waals surface area (Å²) in [5, 5.41) is 9.32. The van der Waals surface area contributed by atoms with E-state index in [4.69, 9.17) is 0 Å². The molecule has 0 aliphatic carbocycles. The third kappa shape index (κ3) is 8.06. The Morgan fingerprint density at radius 2 is 2.17 bits per heavy atom. The second-order valence-electron chi connectivity index (χ2n) is 2.86. The summed E-state index contributed by atoms with van der Waals surface area (Å²) in [6.45, 7) is 2.18. The number of aliphatic hydroxyl groups is 1. The molecule has 0 fully saturated rings. The van der Waals surface area contributed by atoms with Gasteiger partial charge in [0.25, 0.3) is 0 Å². The van der Waals surface area contributed by atoms with E-state index in [9.17, 15) is 5.11 Å². The lowest BCUT2D eigenvalue weighted by molar-refractivity contribution is 0.208. The second-order valence-corrected chi connectivity index (χ2v) is 3.32. The van der Waals surface area contributed by atoms with Crippen LogP contribution < -0.4 is 0 Å². The Balaban J connectivity index is 3.31. The van der Waals surface area contributed by atoms with Crippen molar-refractivity contribution in [3.63, 3.8) is 0 Å². The molecular formula is C10H17BrO. The maximum Gasteiger partial charge on any atom is 0.0794 e. The van der Waals surface area contributed by atoms with Gasteiger partial charge in [-0.15, -0.1) is 5.73 Å². The van der Waals surface area contributed by atoms with Crippen molar-refractivity contribution >= 4 is 15.9 Å². The normalized spacial score (nSPS) is 11.9. The van der Waals surface area contributed by atoms with Crippen LogP contribution in [0.15, 0.2) is 16.8 Å². The van der Waals surface area contributed by atoms with Gasteiger partial charge in [0.1, 0.15) is 0 Å². The highest BCUT2D eigenvalue weighted by Gasteiger charge is 1.96.